The minimum Gasteiger partial charge on any atom is -1.00 e. The van der Waals surface area contributed by atoms with E-state index in [1.54, 1.807) is 0 Å². The molecule has 0 amide bonds. The summed E-state index contributed by atoms with van der Waals surface area (Å²) in [7, 11) is 0. The summed E-state index contributed by atoms with van der Waals surface area (Å²) in [6.45, 7) is 4.66. The Hall–Kier alpha value is -0.963. The molecule has 0 aliphatic heterocycles. The van der Waals surface area contributed by atoms with E-state index in [0.29, 0.717) is 0 Å². The fourth-order valence-electron chi connectivity index (χ4n) is 2.14. The molecule has 0 N–H and O–H groups in total. The van der Waals surface area contributed by atoms with Gasteiger partial charge in [-0.25, -0.2) is 0 Å². The summed E-state index contributed by atoms with van der Waals surface area (Å²) < 4.78 is 0. The largest absolute Gasteiger partial charge is 1.00 e. The van der Waals surface area contributed by atoms with Crippen LogP contribution in [0, 0.1) is 0 Å². The zero-order valence-electron chi connectivity index (χ0n) is 14.5. The third-order valence-electron chi connectivity index (χ3n) is 3.10. The van der Waals surface area contributed by atoms with Crippen molar-refractivity contribution in [1.82, 2.24) is 0 Å². The maximum Gasteiger partial charge on any atom is -0.0809 e. The second-order valence-corrected chi connectivity index (χ2v) is 18.1. The van der Waals surface area contributed by atoms with E-state index in [-0.39, 0.29) is 19.3 Å². The number of fused-ring (bicyclic) bond motifs is 2. The van der Waals surface area contributed by atoms with E-state index in [9.17, 15) is 0 Å². The van der Waals surface area contributed by atoms with E-state index in [2.05, 4.69) is 98.0 Å². The second kappa shape index (κ2) is 10.7. The quantitative estimate of drug-likeness (QED) is 0.256. The van der Waals surface area contributed by atoms with E-state index < -0.39 is 0 Å². The second-order valence-electron chi connectivity index (χ2n) is 5.31. The fourth-order valence-corrected chi connectivity index (χ4v) is 2.14. The standard InChI is InChI=1S/2C9H7.C2H6Si.ClH.Hf.H/c2*1-2-5-9-7-3-6-8(9)4-1;1-3-2;;;/h2*1-7H;1-2H3;1H;;/q2*-1;;;+2;-1/p-1. The van der Waals surface area contributed by atoms with Gasteiger partial charge in [0.15, 0.2) is 0 Å². The van der Waals surface area contributed by atoms with Crippen molar-refractivity contribution >= 4 is 27.0 Å². The minimum atomic E-state index is 0. The van der Waals surface area contributed by atoms with Gasteiger partial charge in [-0.05, 0) is 0 Å². The average molecular weight is 503 g/mol. The first-order valence-electron chi connectivity index (χ1n) is 7.39. The Kier molecular flexibility index (Phi) is 9.38. The molecule has 0 aromatic heterocycles. The molecule has 0 unspecified atom stereocenters. The zero-order chi connectivity index (χ0) is 15.8. The molecule has 118 valence electrons. The molecule has 0 bridgehead atoms. The van der Waals surface area contributed by atoms with Gasteiger partial charge in [0.05, 0.1) is 0 Å². The van der Waals surface area contributed by atoms with Crippen molar-refractivity contribution in [3.05, 3.63) is 84.9 Å². The Labute approximate surface area is 161 Å². The van der Waals surface area contributed by atoms with Gasteiger partial charge in [0.25, 0.3) is 0 Å². The van der Waals surface area contributed by atoms with E-state index in [1.165, 1.54) is 44.5 Å². The third-order valence-corrected chi connectivity index (χ3v) is 3.10. The van der Waals surface area contributed by atoms with Crippen molar-refractivity contribution in [3.63, 3.8) is 0 Å². The summed E-state index contributed by atoms with van der Waals surface area (Å²) in [5.41, 5.74) is 0.259. The molecule has 3 heteroatoms. The molecule has 0 aliphatic carbocycles. The summed E-state index contributed by atoms with van der Waals surface area (Å²) in [5.74, 6) is 0. The Morgan fingerprint density at radius 2 is 1.09 bits per heavy atom. The van der Waals surface area contributed by atoms with Gasteiger partial charge in [-0.3, -0.25) is 0 Å². The first-order chi connectivity index (χ1) is 10.7. The SMILES string of the molecule is C[Si](C)=[Hf+2].[Cl-].[H-].c1ccc2[cH-]ccc2c1.c1ccc2[cH-]ccc2c1. The van der Waals surface area contributed by atoms with Gasteiger partial charge < -0.3 is 13.8 Å². The fraction of sp³-hybridized carbons (Fsp3) is 0.100. The van der Waals surface area contributed by atoms with Crippen LogP contribution in [0.4, 0.5) is 0 Å². The van der Waals surface area contributed by atoms with Gasteiger partial charge in [-0.1, -0.05) is 12.1 Å². The predicted octanol–water partition coefficient (Wildman–Crippen LogP) is 3.02. The van der Waals surface area contributed by atoms with Crippen molar-refractivity contribution in [1.29, 1.82) is 0 Å². The molecule has 0 fully saturated rings. The van der Waals surface area contributed by atoms with Gasteiger partial charge in [0.1, 0.15) is 0 Å². The maximum atomic E-state index is 2.33. The first-order valence-corrected chi connectivity index (χ1v) is 15.3. The summed E-state index contributed by atoms with van der Waals surface area (Å²) in [6.07, 6.45) is 0. The molecular weight excluding hydrogens is 482 g/mol. The molecule has 0 saturated carbocycles. The van der Waals surface area contributed by atoms with Crippen molar-refractivity contribution in [3.8, 4) is 0 Å². The Morgan fingerprint density at radius 3 is 1.43 bits per heavy atom. The zero-order valence-corrected chi connectivity index (χ0v) is 18.8. The summed E-state index contributed by atoms with van der Waals surface area (Å²) >= 11 is 1.45. The van der Waals surface area contributed by atoms with Gasteiger partial charge >= 0.3 is 41.6 Å². The van der Waals surface area contributed by atoms with Gasteiger partial charge in [0, 0.05) is 0 Å². The Morgan fingerprint density at radius 1 is 0.739 bits per heavy atom. The van der Waals surface area contributed by atoms with E-state index in [0.717, 1.165) is 0 Å². The smallest absolute Gasteiger partial charge is 0.0809 e. The molecule has 4 aromatic rings. The van der Waals surface area contributed by atoms with Crippen molar-refractivity contribution in [2.45, 2.75) is 13.1 Å². The van der Waals surface area contributed by atoms with Crippen molar-refractivity contribution in [2.24, 2.45) is 0 Å². The van der Waals surface area contributed by atoms with Crippen LogP contribution in [-0.4, -0.2) is 5.49 Å². The van der Waals surface area contributed by atoms with Gasteiger partial charge in [-0.15, -0.1) is 59.3 Å². The molecule has 0 spiro atoms. The number of rotatable bonds is 0. The van der Waals surface area contributed by atoms with Crippen LogP contribution in [0.5, 0.6) is 0 Å². The van der Waals surface area contributed by atoms with Gasteiger partial charge in [-0.2, -0.15) is 35.0 Å². The summed E-state index contributed by atoms with van der Waals surface area (Å²) in [4.78, 5) is 0. The topological polar surface area (TPSA) is 0 Å². The van der Waals surface area contributed by atoms with Crippen LogP contribution in [0.2, 0.25) is 13.1 Å². The molecule has 0 aliphatic rings. The maximum absolute atomic E-state index is 2.33. The Bertz CT molecular complexity index is 720. The average Bonchev–Trinajstić information content (AvgIpc) is 3.16. The molecule has 0 radical (unpaired) electrons. The van der Waals surface area contributed by atoms with Crippen LogP contribution in [-0.2, 0) is 23.0 Å². The number of halogens is 1. The van der Waals surface area contributed by atoms with Crippen LogP contribution >= 0.6 is 0 Å². The molecule has 4 rings (SSSR count). The summed E-state index contributed by atoms with van der Waals surface area (Å²) in [5, 5.41) is 5.32. The number of hydrogen-bond donors (Lipinski definition) is 0. The molecule has 0 nitrogen and oxygen atoms in total. The predicted molar refractivity (Wildman–Crippen MR) is 97.7 cm³/mol. The van der Waals surface area contributed by atoms with Crippen LogP contribution < -0.4 is 12.4 Å². The van der Waals surface area contributed by atoms with Crippen molar-refractivity contribution < 1.29 is 36.8 Å². The van der Waals surface area contributed by atoms with Crippen LogP contribution in [0.3, 0.4) is 0 Å². The molecule has 0 heterocycles. The van der Waals surface area contributed by atoms with Gasteiger partial charge in [0.2, 0.25) is 0 Å². The third kappa shape index (κ3) is 6.99. The minimum absolute atomic E-state index is 0. The van der Waals surface area contributed by atoms with E-state index >= 15 is 0 Å². The monoisotopic (exact) mass is 504 g/mol. The van der Waals surface area contributed by atoms with Crippen LogP contribution in [0.25, 0.3) is 21.5 Å². The first kappa shape index (κ1) is 20.1. The summed E-state index contributed by atoms with van der Waals surface area (Å²) in [6, 6.07) is 29.3. The van der Waals surface area contributed by atoms with E-state index in [1.807, 2.05) is 0 Å². The number of benzene rings is 2. The van der Waals surface area contributed by atoms with Crippen LogP contribution in [0.1, 0.15) is 1.43 Å². The normalized spacial score (nSPS) is 9.22. The molecule has 4 aromatic carbocycles. The Balaban J connectivity index is 0.000000341. The number of hydrogen-bond acceptors (Lipinski definition) is 0. The van der Waals surface area contributed by atoms with Crippen LogP contribution in [0.15, 0.2) is 84.9 Å². The molecule has 23 heavy (non-hydrogen) atoms. The van der Waals surface area contributed by atoms with Crippen molar-refractivity contribution in [2.75, 3.05) is 0 Å². The molecule has 0 saturated heterocycles. The molecular formula is C20H21ClHfSi-2. The van der Waals surface area contributed by atoms with E-state index in [4.69, 9.17) is 0 Å². The molecule has 0 atom stereocenters.